The second-order valence-electron chi connectivity index (χ2n) is 4.74. The molecule has 0 bridgehead atoms. The fourth-order valence-electron chi connectivity index (χ4n) is 2.18. The molecule has 0 aliphatic rings. The molecular weight excluding hydrogens is 299 g/mol. The van der Waals surface area contributed by atoms with Crippen molar-refractivity contribution in [3.63, 3.8) is 0 Å². The van der Waals surface area contributed by atoms with Crippen LogP contribution in [0.25, 0.3) is 0 Å². The second kappa shape index (κ2) is 9.66. The standard InChI is InChI=1S/C18H15P.C2H6N2/c1-4-10-16(11-5-1)19(17-12-6-2-7-13-17)18-14-8-3-9-15-18;1-3-4-2/h1-15H;1-2H3. The lowest BCUT2D eigenvalue weighted by Crippen LogP contribution is -2.20. The SMILES string of the molecule is CN=NC.c1ccc(P(c2ccccc2)c2ccccc2)cc1. The Bertz CT molecular complexity index is 600. The number of nitrogens with zero attached hydrogens (tertiary/aromatic N) is 2. The molecule has 116 valence electrons. The molecule has 3 rings (SSSR count). The van der Waals surface area contributed by atoms with Gasteiger partial charge in [-0.25, -0.2) is 0 Å². The van der Waals surface area contributed by atoms with Crippen LogP contribution >= 0.6 is 7.92 Å². The zero-order valence-electron chi connectivity index (χ0n) is 13.5. The summed E-state index contributed by atoms with van der Waals surface area (Å²) in [5, 5.41) is 10.9. The molecule has 0 radical (unpaired) electrons. The Balaban J connectivity index is 0.000000433. The van der Waals surface area contributed by atoms with Gasteiger partial charge in [-0.2, -0.15) is 10.2 Å². The van der Waals surface area contributed by atoms with Crippen LogP contribution in [0.3, 0.4) is 0 Å². The van der Waals surface area contributed by atoms with Crippen molar-refractivity contribution in [1.82, 2.24) is 0 Å². The van der Waals surface area contributed by atoms with Gasteiger partial charge < -0.3 is 0 Å². The summed E-state index contributed by atoms with van der Waals surface area (Å²) >= 11 is 0. The lowest BCUT2D eigenvalue weighted by Gasteiger charge is -2.18. The molecule has 0 amide bonds. The van der Waals surface area contributed by atoms with Crippen molar-refractivity contribution in [3.05, 3.63) is 91.0 Å². The van der Waals surface area contributed by atoms with E-state index in [-0.39, 0.29) is 0 Å². The Morgan fingerprint density at radius 2 is 0.739 bits per heavy atom. The summed E-state index contributed by atoms with van der Waals surface area (Å²) in [5.41, 5.74) is 0. The molecule has 0 saturated heterocycles. The van der Waals surface area contributed by atoms with Crippen LogP contribution < -0.4 is 15.9 Å². The van der Waals surface area contributed by atoms with E-state index in [9.17, 15) is 0 Å². The first kappa shape index (κ1) is 17.1. The van der Waals surface area contributed by atoms with E-state index >= 15 is 0 Å². The topological polar surface area (TPSA) is 24.7 Å². The minimum atomic E-state index is -0.446. The Hall–Kier alpha value is -2.31. The first-order valence-electron chi connectivity index (χ1n) is 7.50. The van der Waals surface area contributed by atoms with Gasteiger partial charge in [0.2, 0.25) is 0 Å². The lowest BCUT2D eigenvalue weighted by atomic mass is 10.4. The van der Waals surface area contributed by atoms with Crippen LogP contribution in [0.5, 0.6) is 0 Å². The first-order chi connectivity index (χ1) is 11.4. The Morgan fingerprint density at radius 3 is 0.957 bits per heavy atom. The highest BCUT2D eigenvalue weighted by atomic mass is 31.1. The molecule has 0 fully saturated rings. The van der Waals surface area contributed by atoms with Gasteiger partial charge >= 0.3 is 0 Å². The summed E-state index contributed by atoms with van der Waals surface area (Å²) in [6.45, 7) is 0. The predicted molar refractivity (Wildman–Crippen MR) is 102 cm³/mol. The number of hydrogen-bond acceptors (Lipinski definition) is 2. The van der Waals surface area contributed by atoms with Gasteiger partial charge in [-0.1, -0.05) is 91.0 Å². The van der Waals surface area contributed by atoms with Gasteiger partial charge in [-0.15, -0.1) is 0 Å². The first-order valence-corrected chi connectivity index (χ1v) is 8.84. The van der Waals surface area contributed by atoms with Crippen LogP contribution in [0.1, 0.15) is 0 Å². The van der Waals surface area contributed by atoms with Gasteiger partial charge in [0.05, 0.1) is 0 Å². The Labute approximate surface area is 139 Å². The largest absolute Gasteiger partial charge is 0.198 e. The van der Waals surface area contributed by atoms with Crippen LogP contribution in [-0.2, 0) is 0 Å². The zero-order chi connectivity index (χ0) is 16.3. The maximum atomic E-state index is 3.36. The average Bonchev–Trinajstić information content (AvgIpc) is 2.65. The molecule has 0 aliphatic heterocycles. The predicted octanol–water partition coefficient (Wildman–Crippen LogP) is 4.14. The summed E-state index contributed by atoms with van der Waals surface area (Å²) in [7, 11) is 2.83. The number of rotatable bonds is 3. The highest BCUT2D eigenvalue weighted by molar-refractivity contribution is 7.79. The summed E-state index contributed by atoms with van der Waals surface area (Å²) in [5.74, 6) is 0. The molecule has 2 nitrogen and oxygen atoms in total. The molecule has 3 aromatic rings. The van der Waals surface area contributed by atoms with Crippen LogP contribution in [0.2, 0.25) is 0 Å². The molecule has 3 aromatic carbocycles. The van der Waals surface area contributed by atoms with Gasteiger partial charge in [0, 0.05) is 14.1 Å². The molecular formula is C20H21N2P. The van der Waals surface area contributed by atoms with Gasteiger partial charge in [-0.05, 0) is 23.8 Å². The third-order valence-electron chi connectivity index (χ3n) is 3.24. The van der Waals surface area contributed by atoms with Crippen LogP contribution in [0, 0.1) is 0 Å². The Morgan fingerprint density at radius 1 is 0.478 bits per heavy atom. The van der Waals surface area contributed by atoms with Crippen molar-refractivity contribution in [2.75, 3.05) is 14.1 Å². The molecule has 0 atom stereocenters. The number of azo groups is 1. The van der Waals surface area contributed by atoms with Crippen molar-refractivity contribution in [1.29, 1.82) is 0 Å². The second-order valence-corrected chi connectivity index (χ2v) is 6.96. The maximum Gasteiger partial charge on any atom is 0.0487 e. The molecule has 0 saturated carbocycles. The highest BCUT2D eigenvalue weighted by Crippen LogP contribution is 2.32. The normalized spacial score (nSPS) is 10.4. The fraction of sp³-hybridized carbons (Fsp3) is 0.100. The van der Waals surface area contributed by atoms with E-state index < -0.39 is 7.92 Å². The summed E-state index contributed by atoms with van der Waals surface area (Å²) in [4.78, 5) is 0. The van der Waals surface area contributed by atoms with Crippen molar-refractivity contribution < 1.29 is 0 Å². The highest BCUT2D eigenvalue weighted by Gasteiger charge is 2.14. The third kappa shape index (κ3) is 5.12. The van der Waals surface area contributed by atoms with E-state index in [0.717, 1.165) is 0 Å². The monoisotopic (exact) mass is 320 g/mol. The quantitative estimate of drug-likeness (QED) is 0.512. The summed E-state index contributed by atoms with van der Waals surface area (Å²) in [6, 6.07) is 32.3. The lowest BCUT2D eigenvalue weighted by molar-refractivity contribution is 1.11. The van der Waals surface area contributed by atoms with Crippen molar-refractivity contribution in [2.24, 2.45) is 10.2 Å². The van der Waals surface area contributed by atoms with Crippen LogP contribution in [-0.4, -0.2) is 14.1 Å². The van der Waals surface area contributed by atoms with Crippen molar-refractivity contribution in [2.45, 2.75) is 0 Å². The number of hydrogen-bond donors (Lipinski definition) is 0. The molecule has 0 heterocycles. The van der Waals surface area contributed by atoms with Crippen LogP contribution in [0.4, 0.5) is 0 Å². The molecule has 0 N–H and O–H groups in total. The van der Waals surface area contributed by atoms with E-state index in [4.69, 9.17) is 0 Å². The van der Waals surface area contributed by atoms with E-state index in [1.54, 1.807) is 14.1 Å². The molecule has 3 heteroatoms. The van der Waals surface area contributed by atoms with Gasteiger partial charge in [0.1, 0.15) is 0 Å². The summed E-state index contributed by atoms with van der Waals surface area (Å²) < 4.78 is 0. The minimum absolute atomic E-state index is 0.446. The fourth-order valence-corrected chi connectivity index (χ4v) is 4.48. The minimum Gasteiger partial charge on any atom is -0.198 e. The van der Waals surface area contributed by atoms with Gasteiger partial charge in [0.15, 0.2) is 0 Å². The third-order valence-corrected chi connectivity index (χ3v) is 5.69. The van der Waals surface area contributed by atoms with E-state index in [2.05, 4.69) is 101 Å². The molecule has 23 heavy (non-hydrogen) atoms. The van der Waals surface area contributed by atoms with E-state index in [1.165, 1.54) is 15.9 Å². The average molecular weight is 320 g/mol. The van der Waals surface area contributed by atoms with E-state index in [0.29, 0.717) is 0 Å². The zero-order valence-corrected chi connectivity index (χ0v) is 14.4. The Kier molecular flexibility index (Phi) is 7.16. The van der Waals surface area contributed by atoms with Gasteiger partial charge in [-0.3, -0.25) is 0 Å². The van der Waals surface area contributed by atoms with Crippen LogP contribution in [0.15, 0.2) is 101 Å². The van der Waals surface area contributed by atoms with Crippen molar-refractivity contribution in [3.8, 4) is 0 Å². The van der Waals surface area contributed by atoms with Crippen molar-refractivity contribution >= 4 is 23.8 Å². The molecule has 0 aromatic heterocycles. The molecule has 0 spiro atoms. The number of benzene rings is 3. The van der Waals surface area contributed by atoms with Gasteiger partial charge in [0.25, 0.3) is 0 Å². The summed E-state index contributed by atoms with van der Waals surface area (Å²) in [6.07, 6.45) is 0. The smallest absolute Gasteiger partial charge is 0.0487 e. The maximum absolute atomic E-state index is 3.36. The molecule has 0 aliphatic carbocycles. The molecule has 0 unspecified atom stereocenters. The van der Waals surface area contributed by atoms with E-state index in [1.807, 2.05) is 0 Å².